The van der Waals surface area contributed by atoms with E-state index in [1.807, 2.05) is 23.1 Å². The lowest BCUT2D eigenvalue weighted by molar-refractivity contribution is -0.149. The summed E-state index contributed by atoms with van der Waals surface area (Å²) in [6.45, 7) is 1.49. The van der Waals surface area contributed by atoms with Crippen molar-refractivity contribution in [3.8, 4) is 5.75 Å². The Morgan fingerprint density at radius 2 is 1.82 bits per heavy atom. The minimum absolute atomic E-state index is 0.0169. The average molecular weight is 472 g/mol. The maximum absolute atomic E-state index is 12.8. The molecule has 0 spiro atoms. The van der Waals surface area contributed by atoms with Gasteiger partial charge in [-0.1, -0.05) is 19.3 Å². The molecule has 2 saturated heterocycles. The van der Waals surface area contributed by atoms with Crippen molar-refractivity contribution in [3.05, 3.63) is 23.8 Å². The molecule has 1 aliphatic carbocycles. The zero-order valence-corrected chi connectivity index (χ0v) is 19.8. The summed E-state index contributed by atoms with van der Waals surface area (Å²) in [6, 6.07) is 5.78. The molecule has 0 radical (unpaired) electrons. The van der Waals surface area contributed by atoms with Crippen LogP contribution in [-0.4, -0.2) is 66.0 Å². The SMILES string of the molecule is O=C(Nc1ccc2c(c1)[C@H]1C[C@H](CC(=O)N3CCCCC3)O[C@@H](CO)[C@H]1O2)NC1CCCCC1. The molecule has 4 atom stereocenters. The minimum atomic E-state index is -0.476. The maximum atomic E-state index is 12.8. The molecule has 3 amide bonds. The Hall–Kier alpha value is -2.32. The summed E-state index contributed by atoms with van der Waals surface area (Å²) in [5.74, 6) is 0.912. The second-order valence-electron chi connectivity index (χ2n) is 10.2. The van der Waals surface area contributed by atoms with Crippen LogP contribution >= 0.6 is 0 Å². The molecule has 1 saturated carbocycles. The summed E-state index contributed by atoms with van der Waals surface area (Å²) >= 11 is 0. The van der Waals surface area contributed by atoms with E-state index in [2.05, 4.69) is 10.6 Å². The Kier molecular flexibility index (Phi) is 7.25. The first-order chi connectivity index (χ1) is 16.6. The second kappa shape index (κ2) is 10.5. The number of anilines is 1. The number of fused-ring (bicyclic) bond motifs is 3. The number of nitrogens with one attached hydrogen (secondary N) is 2. The number of amides is 3. The van der Waals surface area contributed by atoms with E-state index in [1.54, 1.807) is 0 Å². The summed E-state index contributed by atoms with van der Waals surface area (Å²) in [5, 5.41) is 16.1. The number of likely N-dealkylation sites (tertiary alicyclic amines) is 1. The molecule has 8 heteroatoms. The zero-order chi connectivity index (χ0) is 23.5. The van der Waals surface area contributed by atoms with Crippen LogP contribution in [-0.2, 0) is 9.53 Å². The second-order valence-corrected chi connectivity index (χ2v) is 10.2. The number of carbonyl (C=O) groups is 2. The molecule has 3 heterocycles. The van der Waals surface area contributed by atoms with Crippen molar-refractivity contribution < 1.29 is 24.2 Å². The highest BCUT2D eigenvalue weighted by Gasteiger charge is 2.46. The number of aliphatic hydroxyl groups excluding tert-OH is 1. The largest absolute Gasteiger partial charge is 0.487 e. The van der Waals surface area contributed by atoms with Gasteiger partial charge in [-0.2, -0.15) is 0 Å². The Morgan fingerprint density at radius 3 is 2.59 bits per heavy atom. The Labute approximate surface area is 201 Å². The molecule has 8 nitrogen and oxygen atoms in total. The molecule has 0 bridgehead atoms. The van der Waals surface area contributed by atoms with Crippen molar-refractivity contribution in [2.75, 3.05) is 25.0 Å². The number of aliphatic hydroxyl groups is 1. The fraction of sp³-hybridized carbons (Fsp3) is 0.692. The van der Waals surface area contributed by atoms with Crippen LogP contribution in [0.3, 0.4) is 0 Å². The highest BCUT2D eigenvalue weighted by atomic mass is 16.6. The normalized spacial score (nSPS) is 29.0. The van der Waals surface area contributed by atoms with Gasteiger partial charge in [-0.15, -0.1) is 0 Å². The minimum Gasteiger partial charge on any atom is -0.487 e. The maximum Gasteiger partial charge on any atom is 0.319 e. The van der Waals surface area contributed by atoms with Gasteiger partial charge in [0.1, 0.15) is 18.0 Å². The first-order valence-corrected chi connectivity index (χ1v) is 13.0. The van der Waals surface area contributed by atoms with Crippen LogP contribution in [0.4, 0.5) is 10.5 Å². The third-order valence-electron chi connectivity index (χ3n) is 7.81. The summed E-state index contributed by atoms with van der Waals surface area (Å²) in [7, 11) is 0. The Balaban J connectivity index is 1.25. The van der Waals surface area contributed by atoms with Gasteiger partial charge in [0, 0.05) is 36.3 Å². The van der Waals surface area contributed by atoms with Gasteiger partial charge < -0.3 is 30.1 Å². The number of hydrogen-bond acceptors (Lipinski definition) is 5. The fourth-order valence-electron chi connectivity index (χ4n) is 6.03. The van der Waals surface area contributed by atoms with Crippen LogP contribution in [0.2, 0.25) is 0 Å². The lowest BCUT2D eigenvalue weighted by atomic mass is 9.84. The van der Waals surface area contributed by atoms with Crippen molar-refractivity contribution in [2.45, 2.75) is 94.5 Å². The topological polar surface area (TPSA) is 100 Å². The van der Waals surface area contributed by atoms with Crippen LogP contribution in [0.15, 0.2) is 18.2 Å². The van der Waals surface area contributed by atoms with Crippen LogP contribution in [0.5, 0.6) is 5.75 Å². The van der Waals surface area contributed by atoms with Gasteiger partial charge in [-0.05, 0) is 56.7 Å². The number of hydrogen-bond donors (Lipinski definition) is 3. The highest BCUT2D eigenvalue weighted by Crippen LogP contribution is 2.47. The average Bonchev–Trinajstić information content (AvgIpc) is 3.22. The summed E-state index contributed by atoms with van der Waals surface area (Å²) in [5.41, 5.74) is 1.74. The molecule has 0 aromatic heterocycles. The van der Waals surface area contributed by atoms with Gasteiger partial charge in [0.25, 0.3) is 0 Å². The number of carbonyl (C=O) groups excluding carboxylic acids is 2. The molecule has 1 aromatic rings. The molecular formula is C26H37N3O5. The van der Waals surface area contributed by atoms with Crippen LogP contribution < -0.4 is 15.4 Å². The van der Waals surface area contributed by atoms with Gasteiger partial charge in [0.15, 0.2) is 0 Å². The van der Waals surface area contributed by atoms with Crippen LogP contribution in [0.25, 0.3) is 0 Å². The predicted molar refractivity (Wildman–Crippen MR) is 128 cm³/mol. The first-order valence-electron chi connectivity index (χ1n) is 13.0. The molecule has 0 unspecified atom stereocenters. The van der Waals surface area contributed by atoms with Crippen molar-refractivity contribution in [3.63, 3.8) is 0 Å². The molecule has 3 fully saturated rings. The lowest BCUT2D eigenvalue weighted by Gasteiger charge is -2.38. The zero-order valence-electron chi connectivity index (χ0n) is 19.8. The monoisotopic (exact) mass is 471 g/mol. The standard InChI is InChI=1S/C26H37N3O5/c30-16-23-25-21(14-19(33-23)15-24(31)29-11-5-2-6-12-29)20-13-18(9-10-22(20)34-25)28-26(32)27-17-7-3-1-4-8-17/h9-10,13,17,19,21,23,25,30H,1-8,11-12,14-16H2,(H2,27,28,32)/t19-,21-,23+,25+/m1/s1. The molecule has 3 aliphatic heterocycles. The molecule has 1 aromatic carbocycles. The third-order valence-corrected chi connectivity index (χ3v) is 7.81. The third kappa shape index (κ3) is 5.18. The van der Waals surface area contributed by atoms with E-state index >= 15 is 0 Å². The van der Waals surface area contributed by atoms with E-state index in [1.165, 1.54) is 25.7 Å². The van der Waals surface area contributed by atoms with Crippen molar-refractivity contribution in [2.24, 2.45) is 0 Å². The summed E-state index contributed by atoms with van der Waals surface area (Å²) in [6.07, 6.45) is 8.93. The van der Waals surface area contributed by atoms with Gasteiger partial charge in [0.05, 0.1) is 19.1 Å². The Morgan fingerprint density at radius 1 is 1.06 bits per heavy atom. The van der Waals surface area contributed by atoms with Gasteiger partial charge in [-0.3, -0.25) is 4.79 Å². The molecule has 3 N–H and O–H groups in total. The number of piperidine rings is 1. The lowest BCUT2D eigenvalue weighted by Crippen LogP contribution is -2.48. The number of urea groups is 1. The van der Waals surface area contributed by atoms with Crippen molar-refractivity contribution >= 4 is 17.6 Å². The first kappa shape index (κ1) is 23.4. The van der Waals surface area contributed by atoms with Crippen LogP contribution in [0, 0.1) is 0 Å². The molecule has 186 valence electrons. The van der Waals surface area contributed by atoms with E-state index in [9.17, 15) is 14.7 Å². The van der Waals surface area contributed by atoms with Crippen molar-refractivity contribution in [1.29, 1.82) is 0 Å². The Bertz CT molecular complexity index is 881. The van der Waals surface area contributed by atoms with Crippen LogP contribution in [0.1, 0.15) is 75.7 Å². The summed E-state index contributed by atoms with van der Waals surface area (Å²) in [4.78, 5) is 27.3. The molecule has 4 aliphatic rings. The quantitative estimate of drug-likeness (QED) is 0.610. The van der Waals surface area contributed by atoms with Crippen molar-refractivity contribution in [1.82, 2.24) is 10.2 Å². The van der Waals surface area contributed by atoms with E-state index in [0.29, 0.717) is 12.8 Å². The van der Waals surface area contributed by atoms with E-state index in [4.69, 9.17) is 9.47 Å². The van der Waals surface area contributed by atoms with E-state index in [0.717, 1.165) is 55.8 Å². The summed E-state index contributed by atoms with van der Waals surface area (Å²) < 4.78 is 12.3. The molecule has 5 rings (SSSR count). The number of nitrogens with zero attached hydrogens (tertiary/aromatic N) is 1. The number of ether oxygens (including phenoxy) is 2. The van der Waals surface area contributed by atoms with E-state index < -0.39 is 6.10 Å². The predicted octanol–water partition coefficient (Wildman–Crippen LogP) is 3.54. The number of rotatable bonds is 5. The van der Waals surface area contributed by atoms with Gasteiger partial charge in [-0.25, -0.2) is 4.79 Å². The smallest absolute Gasteiger partial charge is 0.319 e. The molecule has 34 heavy (non-hydrogen) atoms. The van der Waals surface area contributed by atoms with Gasteiger partial charge in [0.2, 0.25) is 5.91 Å². The fourth-order valence-corrected chi connectivity index (χ4v) is 6.03. The molecular weight excluding hydrogens is 434 g/mol. The highest BCUT2D eigenvalue weighted by molar-refractivity contribution is 5.89. The van der Waals surface area contributed by atoms with E-state index in [-0.39, 0.29) is 42.7 Å². The van der Waals surface area contributed by atoms with Gasteiger partial charge >= 0.3 is 6.03 Å². The number of benzene rings is 1.